The number of hydrogen-bond acceptors (Lipinski definition) is 5. The zero-order valence-corrected chi connectivity index (χ0v) is 13.8. The summed E-state index contributed by atoms with van der Waals surface area (Å²) in [5.74, 6) is 0.230. The lowest BCUT2D eigenvalue weighted by Gasteiger charge is -2.34. The zero-order chi connectivity index (χ0) is 17.6. The first kappa shape index (κ1) is 16.7. The van der Waals surface area contributed by atoms with E-state index in [9.17, 15) is 9.59 Å². The molecule has 2 aromatic rings. The molecule has 0 bridgehead atoms. The average molecular weight is 340 g/mol. The fourth-order valence-corrected chi connectivity index (χ4v) is 2.64. The lowest BCUT2D eigenvalue weighted by Crippen LogP contribution is -2.52. The van der Waals surface area contributed by atoms with Gasteiger partial charge in [0, 0.05) is 50.7 Å². The van der Waals surface area contributed by atoms with Gasteiger partial charge >= 0.3 is 6.03 Å². The van der Waals surface area contributed by atoms with Gasteiger partial charge in [-0.3, -0.25) is 4.79 Å². The van der Waals surface area contributed by atoms with Gasteiger partial charge in [-0.15, -0.1) is 0 Å². The number of piperazine rings is 1. The second-order valence-electron chi connectivity index (χ2n) is 5.74. The van der Waals surface area contributed by atoms with E-state index in [0.717, 1.165) is 5.56 Å². The first-order valence-corrected chi connectivity index (χ1v) is 8.07. The molecule has 2 heterocycles. The summed E-state index contributed by atoms with van der Waals surface area (Å²) < 4.78 is 0. The lowest BCUT2D eigenvalue weighted by atomic mass is 10.1. The third-order valence-corrected chi connectivity index (χ3v) is 4.08. The van der Waals surface area contributed by atoms with Crippen molar-refractivity contribution < 1.29 is 9.59 Å². The minimum Gasteiger partial charge on any atom is -0.366 e. The number of aromatic nitrogens is 2. The highest BCUT2D eigenvalue weighted by Gasteiger charge is 2.22. The number of hydrogen-bond donors (Lipinski definition) is 2. The molecule has 8 nitrogen and oxygen atoms in total. The van der Waals surface area contributed by atoms with Gasteiger partial charge in [-0.1, -0.05) is 12.1 Å². The highest BCUT2D eigenvalue weighted by molar-refractivity contribution is 5.92. The molecule has 25 heavy (non-hydrogen) atoms. The van der Waals surface area contributed by atoms with Gasteiger partial charge in [0.15, 0.2) is 0 Å². The topological polar surface area (TPSA) is 104 Å². The minimum atomic E-state index is -0.462. The number of nitrogens with two attached hydrogens (primary N) is 1. The smallest absolute Gasteiger partial charge is 0.317 e. The van der Waals surface area contributed by atoms with E-state index in [2.05, 4.69) is 20.2 Å². The van der Waals surface area contributed by atoms with Crippen molar-refractivity contribution >= 4 is 17.9 Å². The molecule has 3 N–H and O–H groups in total. The normalized spacial score (nSPS) is 14.2. The quantitative estimate of drug-likeness (QED) is 0.848. The molecule has 0 radical (unpaired) electrons. The van der Waals surface area contributed by atoms with Crippen LogP contribution < -0.4 is 16.0 Å². The second kappa shape index (κ2) is 7.61. The maximum absolute atomic E-state index is 12.3. The highest BCUT2D eigenvalue weighted by Crippen LogP contribution is 2.10. The molecule has 0 atom stereocenters. The van der Waals surface area contributed by atoms with Crippen LogP contribution in [0.25, 0.3) is 0 Å². The van der Waals surface area contributed by atoms with E-state index >= 15 is 0 Å². The molecule has 1 saturated heterocycles. The highest BCUT2D eigenvalue weighted by atomic mass is 16.2. The zero-order valence-electron chi connectivity index (χ0n) is 13.8. The average Bonchev–Trinajstić information content (AvgIpc) is 2.67. The van der Waals surface area contributed by atoms with Crippen molar-refractivity contribution in [2.45, 2.75) is 6.54 Å². The summed E-state index contributed by atoms with van der Waals surface area (Å²) in [4.78, 5) is 35.6. The van der Waals surface area contributed by atoms with E-state index < -0.39 is 5.91 Å². The van der Waals surface area contributed by atoms with Crippen molar-refractivity contribution in [3.63, 3.8) is 0 Å². The summed E-state index contributed by atoms with van der Waals surface area (Å²) >= 11 is 0. The van der Waals surface area contributed by atoms with Crippen LogP contribution in [0.1, 0.15) is 15.9 Å². The van der Waals surface area contributed by atoms with E-state index in [1.165, 1.54) is 0 Å². The van der Waals surface area contributed by atoms with E-state index in [4.69, 9.17) is 5.73 Å². The van der Waals surface area contributed by atoms with Crippen LogP contribution in [0, 0.1) is 0 Å². The van der Waals surface area contributed by atoms with Gasteiger partial charge in [0.25, 0.3) is 0 Å². The lowest BCUT2D eigenvalue weighted by molar-refractivity contribution is 0.1000. The van der Waals surface area contributed by atoms with E-state index in [1.54, 1.807) is 47.6 Å². The van der Waals surface area contributed by atoms with Gasteiger partial charge in [-0.25, -0.2) is 14.8 Å². The van der Waals surface area contributed by atoms with Gasteiger partial charge in [0.1, 0.15) is 0 Å². The molecule has 1 fully saturated rings. The van der Waals surface area contributed by atoms with Gasteiger partial charge in [0.05, 0.1) is 0 Å². The van der Waals surface area contributed by atoms with Crippen LogP contribution in [-0.4, -0.2) is 53.0 Å². The summed E-state index contributed by atoms with van der Waals surface area (Å²) in [7, 11) is 0. The molecule has 1 aromatic carbocycles. The predicted octanol–water partition coefficient (Wildman–Crippen LogP) is 0.607. The SMILES string of the molecule is NC(=O)c1ccc(CNC(=O)N2CCN(c3ncccn3)CC2)cc1. The summed E-state index contributed by atoms with van der Waals surface area (Å²) in [6, 6.07) is 8.55. The van der Waals surface area contributed by atoms with Gasteiger partial charge < -0.3 is 20.9 Å². The number of primary amides is 1. The molecular formula is C17H20N6O2. The van der Waals surface area contributed by atoms with Crippen LogP contribution in [0.3, 0.4) is 0 Å². The Bertz CT molecular complexity index is 727. The van der Waals surface area contributed by atoms with Crippen LogP contribution in [0.5, 0.6) is 0 Å². The molecule has 0 spiro atoms. The Balaban J connectivity index is 1.47. The van der Waals surface area contributed by atoms with Crippen molar-refractivity contribution in [1.82, 2.24) is 20.2 Å². The molecule has 1 aliphatic heterocycles. The Morgan fingerprint density at radius 2 is 1.68 bits per heavy atom. The molecule has 1 aromatic heterocycles. The molecular weight excluding hydrogens is 320 g/mol. The van der Waals surface area contributed by atoms with Gasteiger partial charge in [-0.05, 0) is 23.8 Å². The third-order valence-electron chi connectivity index (χ3n) is 4.08. The molecule has 3 amide bonds. The Morgan fingerprint density at radius 1 is 1.04 bits per heavy atom. The molecule has 0 aliphatic carbocycles. The number of anilines is 1. The third kappa shape index (κ3) is 4.23. The number of rotatable bonds is 4. The minimum absolute atomic E-state index is 0.104. The van der Waals surface area contributed by atoms with E-state index in [0.29, 0.717) is 44.2 Å². The van der Waals surface area contributed by atoms with E-state index in [1.807, 2.05) is 0 Å². The number of nitrogens with one attached hydrogen (secondary N) is 1. The molecule has 8 heteroatoms. The summed E-state index contributed by atoms with van der Waals surface area (Å²) in [6.45, 7) is 3.03. The van der Waals surface area contributed by atoms with Crippen LogP contribution in [-0.2, 0) is 6.54 Å². The van der Waals surface area contributed by atoms with Crippen LogP contribution in [0.4, 0.5) is 10.7 Å². The van der Waals surface area contributed by atoms with Crippen molar-refractivity contribution in [2.75, 3.05) is 31.1 Å². The summed E-state index contributed by atoms with van der Waals surface area (Å²) in [6.07, 6.45) is 3.43. The molecule has 0 saturated carbocycles. The maximum Gasteiger partial charge on any atom is 0.317 e. The standard InChI is InChI=1S/C17H20N6O2/c18-15(24)14-4-2-13(3-5-14)12-21-17(25)23-10-8-22(9-11-23)16-19-6-1-7-20-16/h1-7H,8-12H2,(H2,18,24)(H,21,25). The number of urea groups is 1. The molecule has 0 unspecified atom stereocenters. The van der Waals surface area contributed by atoms with Gasteiger partial charge in [-0.2, -0.15) is 0 Å². The fraction of sp³-hybridized carbons (Fsp3) is 0.294. The number of nitrogens with zero attached hydrogens (tertiary/aromatic N) is 4. The van der Waals surface area contributed by atoms with E-state index in [-0.39, 0.29) is 6.03 Å². The number of carbonyl (C=O) groups is 2. The maximum atomic E-state index is 12.3. The van der Waals surface area contributed by atoms with Crippen molar-refractivity contribution in [3.8, 4) is 0 Å². The number of benzene rings is 1. The van der Waals surface area contributed by atoms with Crippen LogP contribution >= 0.6 is 0 Å². The van der Waals surface area contributed by atoms with Crippen molar-refractivity contribution in [2.24, 2.45) is 5.73 Å². The van der Waals surface area contributed by atoms with Crippen LogP contribution in [0.15, 0.2) is 42.7 Å². The largest absolute Gasteiger partial charge is 0.366 e. The first-order chi connectivity index (χ1) is 12.1. The van der Waals surface area contributed by atoms with Crippen LogP contribution in [0.2, 0.25) is 0 Å². The Labute approximate surface area is 145 Å². The number of carbonyl (C=O) groups excluding carboxylic acids is 2. The summed E-state index contributed by atoms with van der Waals surface area (Å²) in [5.41, 5.74) is 6.57. The van der Waals surface area contributed by atoms with Gasteiger partial charge in [0.2, 0.25) is 11.9 Å². The van der Waals surface area contributed by atoms with Crippen molar-refractivity contribution in [3.05, 3.63) is 53.9 Å². The first-order valence-electron chi connectivity index (χ1n) is 8.07. The predicted molar refractivity (Wildman–Crippen MR) is 93.0 cm³/mol. The molecule has 3 rings (SSSR count). The Hall–Kier alpha value is -3.16. The fourth-order valence-electron chi connectivity index (χ4n) is 2.64. The molecule has 130 valence electrons. The number of amides is 3. The Kier molecular flexibility index (Phi) is 5.08. The molecule has 1 aliphatic rings. The summed E-state index contributed by atoms with van der Waals surface area (Å²) in [5, 5.41) is 2.89. The Morgan fingerprint density at radius 3 is 2.28 bits per heavy atom. The monoisotopic (exact) mass is 340 g/mol. The second-order valence-corrected chi connectivity index (χ2v) is 5.74. The van der Waals surface area contributed by atoms with Crippen molar-refractivity contribution in [1.29, 1.82) is 0 Å².